The summed E-state index contributed by atoms with van der Waals surface area (Å²) < 4.78 is 5.30. The van der Waals surface area contributed by atoms with E-state index in [4.69, 9.17) is 9.68 Å². The number of oxazole rings is 1. The van der Waals surface area contributed by atoms with Crippen molar-refractivity contribution in [2.75, 3.05) is 0 Å². The zero-order valence-electron chi connectivity index (χ0n) is 7.61. The van der Waals surface area contributed by atoms with Crippen LogP contribution in [0.5, 0.6) is 5.75 Å². The van der Waals surface area contributed by atoms with Gasteiger partial charge in [-0.15, -0.1) is 0 Å². The Bertz CT molecular complexity index is 484. The summed E-state index contributed by atoms with van der Waals surface area (Å²) in [6.45, 7) is 1.78. The van der Waals surface area contributed by atoms with Gasteiger partial charge in [0.2, 0.25) is 5.89 Å². The molecule has 4 nitrogen and oxygen atoms in total. The first kappa shape index (κ1) is 8.57. The fourth-order valence-electron chi connectivity index (χ4n) is 1.26. The van der Waals surface area contributed by atoms with Gasteiger partial charge in [-0.25, -0.2) is 4.98 Å². The van der Waals surface area contributed by atoms with Gasteiger partial charge < -0.3 is 9.52 Å². The van der Waals surface area contributed by atoms with Crippen LogP contribution in [0.15, 0.2) is 16.5 Å². The molecule has 4 heteroatoms. The van der Waals surface area contributed by atoms with Gasteiger partial charge in [-0.1, -0.05) is 0 Å². The lowest BCUT2D eigenvalue weighted by molar-refractivity contribution is 0.471. The molecule has 0 saturated carbocycles. The van der Waals surface area contributed by atoms with Gasteiger partial charge in [0, 0.05) is 6.07 Å². The van der Waals surface area contributed by atoms with Crippen molar-refractivity contribution in [2.24, 2.45) is 0 Å². The van der Waals surface area contributed by atoms with E-state index in [0.717, 1.165) is 5.56 Å². The maximum Gasteiger partial charge on any atom is 0.209 e. The van der Waals surface area contributed by atoms with E-state index in [1.807, 2.05) is 6.07 Å². The van der Waals surface area contributed by atoms with Crippen molar-refractivity contribution in [2.45, 2.75) is 13.3 Å². The van der Waals surface area contributed by atoms with Crippen LogP contribution in [0.2, 0.25) is 0 Å². The Kier molecular flexibility index (Phi) is 1.86. The highest BCUT2D eigenvalue weighted by atomic mass is 16.3. The molecule has 14 heavy (non-hydrogen) atoms. The maximum absolute atomic E-state index is 9.41. The molecule has 0 amide bonds. The second-order valence-electron chi connectivity index (χ2n) is 3.05. The molecular formula is C10H8N2O2. The Morgan fingerprint density at radius 1 is 1.57 bits per heavy atom. The summed E-state index contributed by atoms with van der Waals surface area (Å²) in [5, 5.41) is 17.9. The number of aromatic nitrogens is 1. The van der Waals surface area contributed by atoms with Gasteiger partial charge in [-0.2, -0.15) is 5.26 Å². The predicted octanol–water partition coefficient (Wildman–Crippen LogP) is 1.91. The summed E-state index contributed by atoms with van der Waals surface area (Å²) in [6, 6.07) is 5.20. The van der Waals surface area contributed by atoms with Gasteiger partial charge in [0.1, 0.15) is 17.7 Å². The SMILES string of the molecule is Cc1cc2oc(CC#N)nc2cc1O. The van der Waals surface area contributed by atoms with Crippen molar-refractivity contribution >= 4 is 11.1 Å². The van der Waals surface area contributed by atoms with Crippen molar-refractivity contribution in [1.29, 1.82) is 5.26 Å². The summed E-state index contributed by atoms with van der Waals surface area (Å²) in [4.78, 5) is 4.06. The summed E-state index contributed by atoms with van der Waals surface area (Å²) >= 11 is 0. The molecule has 1 aromatic carbocycles. The van der Waals surface area contributed by atoms with E-state index in [0.29, 0.717) is 17.0 Å². The molecule has 1 N–H and O–H groups in total. The molecular weight excluding hydrogens is 180 g/mol. The van der Waals surface area contributed by atoms with Crippen LogP contribution in [0, 0.1) is 18.3 Å². The minimum atomic E-state index is 0.147. The van der Waals surface area contributed by atoms with E-state index in [1.54, 1.807) is 13.0 Å². The van der Waals surface area contributed by atoms with E-state index in [9.17, 15) is 5.11 Å². The van der Waals surface area contributed by atoms with Crippen LogP contribution in [0.4, 0.5) is 0 Å². The average Bonchev–Trinajstić information content (AvgIpc) is 2.48. The van der Waals surface area contributed by atoms with Crippen molar-refractivity contribution in [3.63, 3.8) is 0 Å². The van der Waals surface area contributed by atoms with Gasteiger partial charge >= 0.3 is 0 Å². The molecule has 0 aliphatic heterocycles. The molecule has 0 saturated heterocycles. The third-order valence-corrected chi connectivity index (χ3v) is 1.98. The number of fused-ring (bicyclic) bond motifs is 1. The number of hydrogen-bond donors (Lipinski definition) is 1. The molecule has 0 fully saturated rings. The Labute approximate surface area is 80.4 Å². The number of benzene rings is 1. The van der Waals surface area contributed by atoms with Gasteiger partial charge in [0.15, 0.2) is 5.58 Å². The Morgan fingerprint density at radius 2 is 2.36 bits per heavy atom. The van der Waals surface area contributed by atoms with Crippen LogP contribution >= 0.6 is 0 Å². The van der Waals surface area contributed by atoms with Crippen molar-refractivity contribution < 1.29 is 9.52 Å². The zero-order chi connectivity index (χ0) is 10.1. The van der Waals surface area contributed by atoms with Crippen molar-refractivity contribution in [3.8, 4) is 11.8 Å². The number of phenolic OH excluding ortho intramolecular Hbond substituents is 1. The van der Waals surface area contributed by atoms with E-state index in [-0.39, 0.29) is 12.2 Å². The lowest BCUT2D eigenvalue weighted by Crippen LogP contribution is -1.78. The largest absolute Gasteiger partial charge is 0.508 e. The summed E-state index contributed by atoms with van der Waals surface area (Å²) in [6.07, 6.45) is 0.147. The number of hydrogen-bond acceptors (Lipinski definition) is 4. The molecule has 2 aromatic rings. The first-order chi connectivity index (χ1) is 6.70. The fraction of sp³-hybridized carbons (Fsp3) is 0.200. The van der Waals surface area contributed by atoms with Crippen LogP contribution in [-0.4, -0.2) is 10.1 Å². The summed E-state index contributed by atoms with van der Waals surface area (Å²) in [7, 11) is 0. The van der Waals surface area contributed by atoms with Gasteiger partial charge in [0.05, 0.1) is 6.07 Å². The highest BCUT2D eigenvalue weighted by Crippen LogP contribution is 2.24. The lowest BCUT2D eigenvalue weighted by atomic mass is 10.2. The number of nitrogens with zero attached hydrogens (tertiary/aromatic N) is 2. The molecule has 0 radical (unpaired) electrons. The quantitative estimate of drug-likeness (QED) is 0.742. The summed E-state index contributed by atoms with van der Waals surface area (Å²) in [5.74, 6) is 0.571. The number of nitriles is 1. The minimum Gasteiger partial charge on any atom is -0.508 e. The van der Waals surface area contributed by atoms with Crippen LogP contribution in [0.1, 0.15) is 11.5 Å². The first-order valence-electron chi connectivity index (χ1n) is 4.16. The lowest BCUT2D eigenvalue weighted by Gasteiger charge is -1.94. The Hall–Kier alpha value is -2.02. The summed E-state index contributed by atoms with van der Waals surface area (Å²) in [5.41, 5.74) is 1.92. The van der Waals surface area contributed by atoms with E-state index in [2.05, 4.69) is 4.98 Å². The van der Waals surface area contributed by atoms with Gasteiger partial charge in [-0.3, -0.25) is 0 Å². The smallest absolute Gasteiger partial charge is 0.209 e. The molecule has 1 aromatic heterocycles. The van der Waals surface area contributed by atoms with Crippen LogP contribution in [0.3, 0.4) is 0 Å². The molecule has 0 unspecified atom stereocenters. The van der Waals surface area contributed by atoms with Gasteiger partial charge in [0.25, 0.3) is 0 Å². The molecule has 1 heterocycles. The Balaban J connectivity index is 2.61. The van der Waals surface area contributed by atoms with Crippen molar-refractivity contribution in [1.82, 2.24) is 4.98 Å². The van der Waals surface area contributed by atoms with Crippen LogP contribution in [0.25, 0.3) is 11.1 Å². The standard InChI is InChI=1S/C10H8N2O2/c1-6-4-9-7(5-8(6)13)12-10(14-9)2-3-11/h4-5,13H,2H2,1H3. The molecule has 2 rings (SSSR count). The normalized spacial score (nSPS) is 10.3. The molecule has 0 atom stereocenters. The van der Waals surface area contributed by atoms with E-state index in [1.165, 1.54) is 6.07 Å². The molecule has 0 aliphatic carbocycles. The topological polar surface area (TPSA) is 70.0 Å². The number of aromatic hydroxyl groups is 1. The van der Waals surface area contributed by atoms with Crippen LogP contribution in [-0.2, 0) is 6.42 Å². The third kappa shape index (κ3) is 1.29. The zero-order valence-corrected chi connectivity index (χ0v) is 7.61. The van der Waals surface area contributed by atoms with E-state index >= 15 is 0 Å². The van der Waals surface area contributed by atoms with Crippen molar-refractivity contribution in [3.05, 3.63) is 23.6 Å². The highest BCUT2D eigenvalue weighted by molar-refractivity contribution is 5.75. The second kappa shape index (κ2) is 3.04. The number of aryl methyl sites for hydroxylation is 1. The maximum atomic E-state index is 9.41. The third-order valence-electron chi connectivity index (χ3n) is 1.98. The monoisotopic (exact) mass is 188 g/mol. The first-order valence-corrected chi connectivity index (χ1v) is 4.16. The van der Waals surface area contributed by atoms with E-state index < -0.39 is 0 Å². The number of phenols is 1. The molecule has 0 spiro atoms. The highest BCUT2D eigenvalue weighted by Gasteiger charge is 2.07. The minimum absolute atomic E-state index is 0.147. The average molecular weight is 188 g/mol. The van der Waals surface area contributed by atoms with Crippen LogP contribution < -0.4 is 0 Å². The van der Waals surface area contributed by atoms with Gasteiger partial charge in [-0.05, 0) is 18.6 Å². The molecule has 0 bridgehead atoms. The Morgan fingerprint density at radius 3 is 3.07 bits per heavy atom. The second-order valence-corrected chi connectivity index (χ2v) is 3.05. The fourth-order valence-corrected chi connectivity index (χ4v) is 1.26. The predicted molar refractivity (Wildman–Crippen MR) is 49.7 cm³/mol. The molecule has 0 aliphatic rings. The molecule has 70 valence electrons. The number of rotatable bonds is 1.